The van der Waals surface area contributed by atoms with Gasteiger partial charge in [-0.25, -0.2) is 18.8 Å². The first-order valence-electron chi connectivity index (χ1n) is 23.5. The van der Waals surface area contributed by atoms with Gasteiger partial charge in [0.1, 0.15) is 53.2 Å². The second-order valence-electron chi connectivity index (χ2n) is 21.8. The van der Waals surface area contributed by atoms with Gasteiger partial charge in [-0.15, -0.1) is 0 Å². The van der Waals surface area contributed by atoms with Crippen LogP contribution in [0.1, 0.15) is 117 Å². The quantitative estimate of drug-likeness (QED) is 0.134. The number of amides is 1. The SMILES string of the molecule is CC(=O)O[C@@]12CO[C@@H]1CC[C@@]1(C)[C@@H]3O[C@H](CN4CC[C@H]4C(C)(C)O)O[C@@H]3C3=C(C)[C@@H](OC(=O)[C@H](O)[C@@H](NC(=O)OC(C)(C)C)c4ncccc4F)C[C@@](O)([C@@H](OC(=O)c4ccccc4)[C@@H]12)C3(C)C. The molecule has 0 unspecified atom stereocenters. The highest BCUT2D eigenvalue weighted by Gasteiger charge is 2.77. The van der Waals surface area contributed by atoms with Crippen molar-refractivity contribution < 1.29 is 72.0 Å². The summed E-state index contributed by atoms with van der Waals surface area (Å²) in [6, 6.07) is 8.65. The largest absolute Gasteiger partial charge is 0.456 e. The van der Waals surface area contributed by atoms with Crippen LogP contribution in [0.5, 0.6) is 0 Å². The molecule has 4 N–H and O–H groups in total. The molecule has 3 saturated heterocycles. The van der Waals surface area contributed by atoms with Gasteiger partial charge in [-0.1, -0.05) is 39.0 Å². The van der Waals surface area contributed by atoms with Crippen LogP contribution in [-0.4, -0.2) is 140 Å². The van der Waals surface area contributed by atoms with Crippen LogP contribution in [-0.2, 0) is 42.7 Å². The van der Waals surface area contributed by atoms with E-state index < -0.39 is 130 Å². The molecule has 8 rings (SSSR count). The van der Waals surface area contributed by atoms with Crippen molar-refractivity contribution in [3.8, 4) is 0 Å². The molecule has 68 heavy (non-hydrogen) atoms. The van der Waals surface area contributed by atoms with E-state index in [2.05, 4.69) is 15.2 Å². The third-order valence-corrected chi connectivity index (χ3v) is 15.5. The lowest BCUT2D eigenvalue weighted by Gasteiger charge is -2.68. The molecule has 372 valence electrons. The van der Waals surface area contributed by atoms with Crippen molar-refractivity contribution in [3.63, 3.8) is 0 Å². The van der Waals surface area contributed by atoms with E-state index in [9.17, 15) is 34.5 Å². The maximum Gasteiger partial charge on any atom is 0.408 e. The molecule has 2 aromatic rings. The van der Waals surface area contributed by atoms with E-state index >= 15 is 4.39 Å². The highest BCUT2D eigenvalue weighted by atomic mass is 19.1. The summed E-state index contributed by atoms with van der Waals surface area (Å²) in [7, 11) is 0. The van der Waals surface area contributed by atoms with Crippen molar-refractivity contribution in [3.05, 3.63) is 76.9 Å². The highest BCUT2D eigenvalue weighted by molar-refractivity contribution is 5.89. The summed E-state index contributed by atoms with van der Waals surface area (Å²) < 4.78 is 60.4. The van der Waals surface area contributed by atoms with Gasteiger partial charge in [0, 0.05) is 49.5 Å². The summed E-state index contributed by atoms with van der Waals surface area (Å²) in [6.07, 6.45) is -7.14. The number of esters is 3. The van der Waals surface area contributed by atoms with E-state index in [1.54, 1.807) is 85.7 Å². The molecule has 3 aliphatic carbocycles. The van der Waals surface area contributed by atoms with E-state index in [1.165, 1.54) is 19.2 Å². The van der Waals surface area contributed by atoms with Crippen LogP contribution >= 0.6 is 0 Å². The number of aliphatic hydroxyl groups excluding tert-OH is 1. The van der Waals surface area contributed by atoms with Gasteiger partial charge < -0.3 is 53.8 Å². The predicted molar refractivity (Wildman–Crippen MR) is 239 cm³/mol. The first-order valence-corrected chi connectivity index (χ1v) is 23.5. The molecule has 1 aromatic carbocycles. The van der Waals surface area contributed by atoms with Crippen LogP contribution < -0.4 is 5.32 Å². The van der Waals surface area contributed by atoms with E-state index in [-0.39, 0.29) is 24.8 Å². The highest BCUT2D eigenvalue weighted by Crippen LogP contribution is 2.67. The van der Waals surface area contributed by atoms with Crippen molar-refractivity contribution in [2.45, 2.75) is 172 Å². The normalized spacial score (nSPS) is 35.0. The second-order valence-corrected chi connectivity index (χ2v) is 21.8. The number of carbonyl (C=O) groups excluding carboxylic acids is 4. The van der Waals surface area contributed by atoms with Crippen molar-refractivity contribution >= 4 is 24.0 Å². The number of carbonyl (C=O) groups is 4. The smallest absolute Gasteiger partial charge is 0.408 e. The Hall–Kier alpha value is -4.56. The molecule has 1 aromatic heterocycles. The molecule has 4 heterocycles. The number of halogens is 1. The van der Waals surface area contributed by atoms with Crippen LogP contribution in [0.4, 0.5) is 9.18 Å². The number of likely N-dealkylation sites (tertiary alicyclic amines) is 1. The van der Waals surface area contributed by atoms with Gasteiger partial charge in [-0.3, -0.25) is 14.7 Å². The van der Waals surface area contributed by atoms with Crippen molar-refractivity contribution in [1.82, 2.24) is 15.2 Å². The van der Waals surface area contributed by atoms with Crippen LogP contribution in [0.15, 0.2) is 59.8 Å². The number of hydrogen-bond donors (Lipinski definition) is 4. The fourth-order valence-corrected chi connectivity index (χ4v) is 12.1. The number of hydrogen-bond acceptors (Lipinski definition) is 16. The number of aromatic nitrogens is 1. The lowest BCUT2D eigenvalue weighted by molar-refractivity contribution is -0.345. The van der Waals surface area contributed by atoms with Gasteiger partial charge in [-0.05, 0) is 96.2 Å². The first-order chi connectivity index (χ1) is 31.7. The number of rotatable bonds is 11. The molecule has 6 aliphatic rings. The Balaban J connectivity index is 1.27. The summed E-state index contributed by atoms with van der Waals surface area (Å²) in [5.41, 5.74) is -7.43. The lowest BCUT2D eigenvalue weighted by Crippen LogP contribution is -2.79. The number of ether oxygens (including phenoxy) is 7. The topological polar surface area (TPSA) is 222 Å². The number of nitrogens with zero attached hydrogens (tertiary/aromatic N) is 2. The average molecular weight is 952 g/mol. The van der Waals surface area contributed by atoms with Gasteiger partial charge in [-0.2, -0.15) is 0 Å². The maximum absolute atomic E-state index is 15.4. The van der Waals surface area contributed by atoms with Crippen molar-refractivity contribution in [2.24, 2.45) is 16.7 Å². The molecule has 0 spiro atoms. The second kappa shape index (κ2) is 17.7. The molecular weight excluding hydrogens is 886 g/mol. The van der Waals surface area contributed by atoms with Crippen LogP contribution in [0.25, 0.3) is 0 Å². The molecule has 17 nitrogen and oxygen atoms in total. The first kappa shape index (κ1) is 49.8. The number of alkyl carbamates (subject to hydrolysis) is 1. The Morgan fingerprint density at radius 1 is 1.01 bits per heavy atom. The number of fused-ring (bicyclic) bond motifs is 8. The molecular formula is C50H66FN3O14. The van der Waals surface area contributed by atoms with Gasteiger partial charge in [0.2, 0.25) is 0 Å². The van der Waals surface area contributed by atoms with E-state index in [0.29, 0.717) is 30.5 Å². The zero-order valence-corrected chi connectivity index (χ0v) is 40.4. The zero-order valence-electron chi connectivity index (χ0n) is 40.4. The molecule has 2 bridgehead atoms. The zero-order chi connectivity index (χ0) is 49.5. The summed E-state index contributed by atoms with van der Waals surface area (Å²) in [4.78, 5) is 61.6. The average Bonchev–Trinajstić information content (AvgIpc) is 3.64. The number of nitrogens with one attached hydrogen (secondary N) is 1. The minimum absolute atomic E-state index is 0.0848. The summed E-state index contributed by atoms with van der Waals surface area (Å²) in [6.45, 7) is 17.8. The minimum Gasteiger partial charge on any atom is -0.456 e. The van der Waals surface area contributed by atoms with Crippen LogP contribution in [0.3, 0.4) is 0 Å². The number of benzene rings is 1. The standard InChI is InChI=1S/C50H66FN3O14/c1-26-30(63-43(58)37(56)36(35-29(51)17-14-21-52-35)53-44(59)68-45(3,4)5)23-50(61)41(66-42(57)28-15-12-11-13-16-28)39-48(10,20-18-32-49(39,25-62-32)67-27(2)55)40-38(34(26)46(50,6)7)64-33(65-40)24-54-22-19-31(54)47(8,9)60/h11-17,21,30-33,36-41,56,60-61H,18-20,22-25H2,1-10H3,(H,53,59)/t30-,31-,32+,33+,36-,37+,38+,39-,40+,41-,48+,49-,50+/m0/s1. The Morgan fingerprint density at radius 2 is 1.72 bits per heavy atom. The Labute approximate surface area is 396 Å². The van der Waals surface area contributed by atoms with E-state index in [4.69, 9.17) is 33.2 Å². The molecule has 1 amide bonds. The summed E-state index contributed by atoms with van der Waals surface area (Å²) >= 11 is 0. The van der Waals surface area contributed by atoms with E-state index in [0.717, 1.165) is 12.5 Å². The third-order valence-electron chi connectivity index (χ3n) is 15.5. The Kier molecular flexibility index (Phi) is 13.0. The van der Waals surface area contributed by atoms with Crippen molar-refractivity contribution in [2.75, 3.05) is 19.7 Å². The fraction of sp³-hybridized carbons (Fsp3) is 0.660. The molecule has 13 atom stereocenters. The van der Waals surface area contributed by atoms with Gasteiger partial charge >= 0.3 is 24.0 Å². The summed E-state index contributed by atoms with van der Waals surface area (Å²) in [5, 5.41) is 39.2. The van der Waals surface area contributed by atoms with E-state index in [1.807, 2.05) is 6.92 Å². The van der Waals surface area contributed by atoms with Crippen molar-refractivity contribution in [1.29, 1.82) is 0 Å². The third kappa shape index (κ3) is 8.61. The number of pyridine rings is 1. The monoisotopic (exact) mass is 951 g/mol. The van der Waals surface area contributed by atoms with Gasteiger partial charge in [0.15, 0.2) is 18.0 Å². The maximum atomic E-state index is 15.4. The van der Waals surface area contributed by atoms with Crippen LogP contribution in [0, 0.1) is 22.6 Å². The molecule has 0 radical (unpaired) electrons. The molecule has 2 saturated carbocycles. The Morgan fingerprint density at radius 3 is 2.31 bits per heavy atom. The Bertz CT molecular complexity index is 2320. The predicted octanol–water partition coefficient (Wildman–Crippen LogP) is 4.85. The minimum atomic E-state index is -2.27. The molecule has 5 fully saturated rings. The number of aliphatic hydroxyl groups is 3. The van der Waals surface area contributed by atoms with Gasteiger partial charge in [0.25, 0.3) is 0 Å². The summed E-state index contributed by atoms with van der Waals surface area (Å²) in [5.74, 6) is -4.65. The fourth-order valence-electron chi connectivity index (χ4n) is 12.1. The lowest BCUT2D eigenvalue weighted by atomic mass is 9.45. The molecule has 3 aliphatic heterocycles. The van der Waals surface area contributed by atoms with Gasteiger partial charge in [0.05, 0.1) is 29.8 Å². The molecule has 18 heteroatoms. The van der Waals surface area contributed by atoms with Crippen LogP contribution in [0.2, 0.25) is 0 Å².